The Morgan fingerprint density at radius 2 is 1.70 bits per heavy atom. The Balaban J connectivity index is 0.00000264. The number of aryl methyl sites for hydroxylation is 3. The van der Waals surface area contributed by atoms with Crippen molar-refractivity contribution in [1.29, 1.82) is 0 Å². The molecule has 2 aromatic carbocycles. The number of nitrogen functional groups attached to an aromatic ring is 1. The van der Waals surface area contributed by atoms with E-state index in [1.165, 1.54) is 16.7 Å². The van der Waals surface area contributed by atoms with Crippen LogP contribution in [0.3, 0.4) is 0 Å². The quantitative estimate of drug-likeness (QED) is 0.794. The number of carbonyl (C=O) groups is 1. The van der Waals surface area contributed by atoms with Gasteiger partial charge in [0, 0.05) is 18.7 Å². The fourth-order valence-corrected chi connectivity index (χ4v) is 2.66. The number of para-hydroxylation sites is 1. The summed E-state index contributed by atoms with van der Waals surface area (Å²) < 4.78 is 0. The molecule has 0 radical (unpaired) electrons. The molecule has 0 saturated carbocycles. The number of anilines is 1. The summed E-state index contributed by atoms with van der Waals surface area (Å²) in [4.78, 5) is 11.9. The van der Waals surface area contributed by atoms with Gasteiger partial charge in [0.1, 0.15) is 0 Å². The van der Waals surface area contributed by atoms with Crippen LogP contribution >= 0.6 is 12.4 Å². The summed E-state index contributed by atoms with van der Waals surface area (Å²) in [6.07, 6.45) is 2.02. The van der Waals surface area contributed by atoms with Crippen LogP contribution in [-0.2, 0) is 17.6 Å². The number of hydrogen-bond donors (Lipinski definition) is 2. The van der Waals surface area contributed by atoms with Gasteiger partial charge in [-0.2, -0.15) is 0 Å². The molecule has 4 heteroatoms. The lowest BCUT2D eigenvalue weighted by molar-refractivity contribution is -0.121. The van der Waals surface area contributed by atoms with Crippen molar-refractivity contribution in [1.82, 2.24) is 5.32 Å². The van der Waals surface area contributed by atoms with Crippen molar-refractivity contribution in [3.05, 3.63) is 64.7 Å². The number of rotatable bonds is 6. The first kappa shape index (κ1) is 19.0. The summed E-state index contributed by atoms with van der Waals surface area (Å²) in [5.74, 6) is 0.0765. The van der Waals surface area contributed by atoms with Crippen molar-refractivity contribution in [2.24, 2.45) is 0 Å². The average molecular weight is 333 g/mol. The van der Waals surface area contributed by atoms with E-state index in [9.17, 15) is 4.79 Å². The highest BCUT2D eigenvalue weighted by Gasteiger charge is 2.04. The van der Waals surface area contributed by atoms with Crippen molar-refractivity contribution < 1.29 is 4.79 Å². The predicted octanol–water partition coefficient (Wildman–Crippen LogP) is 3.60. The number of halogens is 1. The lowest BCUT2D eigenvalue weighted by Crippen LogP contribution is -2.26. The molecule has 0 bridgehead atoms. The van der Waals surface area contributed by atoms with E-state index in [1.54, 1.807) is 0 Å². The maximum Gasteiger partial charge on any atom is 0.220 e. The molecule has 2 aromatic rings. The second-order valence-corrected chi connectivity index (χ2v) is 5.79. The minimum absolute atomic E-state index is 0. The van der Waals surface area contributed by atoms with Crippen LogP contribution < -0.4 is 11.1 Å². The van der Waals surface area contributed by atoms with Gasteiger partial charge in [0.05, 0.1) is 0 Å². The largest absolute Gasteiger partial charge is 0.399 e. The van der Waals surface area contributed by atoms with Gasteiger partial charge in [-0.1, -0.05) is 47.5 Å². The number of nitrogens with one attached hydrogen (secondary N) is 1. The minimum Gasteiger partial charge on any atom is -0.399 e. The SMILES string of the molecule is Cc1cc(C)cc(CCNC(=O)CCc2ccccc2N)c1.Cl. The molecule has 2 rings (SSSR count). The van der Waals surface area contributed by atoms with Gasteiger partial charge in [0.2, 0.25) is 5.91 Å². The van der Waals surface area contributed by atoms with Gasteiger partial charge in [-0.25, -0.2) is 0 Å². The highest BCUT2D eigenvalue weighted by atomic mass is 35.5. The van der Waals surface area contributed by atoms with Crippen LogP contribution in [0.2, 0.25) is 0 Å². The van der Waals surface area contributed by atoms with Crippen molar-refractivity contribution in [2.75, 3.05) is 12.3 Å². The van der Waals surface area contributed by atoms with Crippen LogP contribution in [0.5, 0.6) is 0 Å². The van der Waals surface area contributed by atoms with Gasteiger partial charge < -0.3 is 11.1 Å². The van der Waals surface area contributed by atoms with Gasteiger partial charge in [-0.05, 0) is 43.9 Å². The minimum atomic E-state index is 0. The first-order valence-corrected chi connectivity index (χ1v) is 7.72. The molecular weight excluding hydrogens is 308 g/mol. The van der Waals surface area contributed by atoms with Gasteiger partial charge in [-0.3, -0.25) is 4.79 Å². The second kappa shape index (κ2) is 9.21. The maximum atomic E-state index is 11.9. The van der Waals surface area contributed by atoms with E-state index in [1.807, 2.05) is 24.3 Å². The van der Waals surface area contributed by atoms with Gasteiger partial charge in [0.25, 0.3) is 0 Å². The molecule has 0 aromatic heterocycles. The summed E-state index contributed by atoms with van der Waals surface area (Å²) in [5, 5.41) is 2.98. The van der Waals surface area contributed by atoms with Crippen molar-refractivity contribution >= 4 is 24.0 Å². The first-order valence-electron chi connectivity index (χ1n) is 7.72. The van der Waals surface area contributed by atoms with Crippen LogP contribution in [0.25, 0.3) is 0 Å². The monoisotopic (exact) mass is 332 g/mol. The van der Waals surface area contributed by atoms with E-state index in [-0.39, 0.29) is 18.3 Å². The topological polar surface area (TPSA) is 55.1 Å². The Labute approximate surface area is 144 Å². The van der Waals surface area contributed by atoms with Gasteiger partial charge >= 0.3 is 0 Å². The molecule has 0 aliphatic heterocycles. The fraction of sp³-hybridized carbons (Fsp3) is 0.316. The summed E-state index contributed by atoms with van der Waals surface area (Å²) in [7, 11) is 0. The van der Waals surface area contributed by atoms with Crippen LogP contribution in [0.4, 0.5) is 5.69 Å². The van der Waals surface area contributed by atoms with Crippen molar-refractivity contribution in [3.8, 4) is 0 Å². The molecule has 0 atom stereocenters. The van der Waals surface area contributed by atoms with Crippen LogP contribution in [0.1, 0.15) is 28.7 Å². The number of benzene rings is 2. The maximum absolute atomic E-state index is 11.9. The first-order chi connectivity index (χ1) is 10.5. The van der Waals surface area contributed by atoms with Gasteiger partial charge in [-0.15, -0.1) is 12.4 Å². The molecule has 124 valence electrons. The smallest absolute Gasteiger partial charge is 0.220 e. The molecule has 1 amide bonds. The van der Waals surface area contributed by atoms with E-state index in [2.05, 4.69) is 37.4 Å². The molecule has 0 aliphatic rings. The summed E-state index contributed by atoms with van der Waals surface area (Å²) in [6.45, 7) is 4.87. The third-order valence-corrected chi connectivity index (χ3v) is 3.69. The van der Waals surface area contributed by atoms with Crippen LogP contribution in [-0.4, -0.2) is 12.5 Å². The lowest BCUT2D eigenvalue weighted by Gasteiger charge is -2.08. The Kier molecular flexibility index (Phi) is 7.63. The average Bonchev–Trinajstić information content (AvgIpc) is 2.45. The molecule has 0 spiro atoms. The van der Waals surface area contributed by atoms with Crippen LogP contribution in [0.15, 0.2) is 42.5 Å². The number of amides is 1. The molecule has 0 saturated heterocycles. The molecule has 3 nitrogen and oxygen atoms in total. The molecule has 23 heavy (non-hydrogen) atoms. The van der Waals surface area contributed by atoms with E-state index in [4.69, 9.17) is 5.73 Å². The Bertz CT molecular complexity index is 635. The standard InChI is InChI=1S/C19H24N2O.ClH/c1-14-11-15(2)13-16(12-14)9-10-21-19(22)8-7-17-5-3-4-6-18(17)20;/h3-6,11-13H,7-10,20H2,1-2H3,(H,21,22);1H. The normalized spacial score (nSPS) is 10.0. The predicted molar refractivity (Wildman–Crippen MR) is 99.1 cm³/mol. The van der Waals surface area contributed by atoms with E-state index >= 15 is 0 Å². The van der Waals surface area contributed by atoms with Gasteiger partial charge in [0.15, 0.2) is 0 Å². The van der Waals surface area contributed by atoms with E-state index < -0.39 is 0 Å². The Hall–Kier alpha value is -2.00. The highest BCUT2D eigenvalue weighted by molar-refractivity contribution is 5.85. The fourth-order valence-electron chi connectivity index (χ4n) is 2.66. The summed E-state index contributed by atoms with van der Waals surface area (Å²) >= 11 is 0. The highest BCUT2D eigenvalue weighted by Crippen LogP contribution is 2.12. The lowest BCUT2D eigenvalue weighted by atomic mass is 10.0. The number of carbonyl (C=O) groups excluding carboxylic acids is 1. The molecule has 0 fully saturated rings. The van der Waals surface area contributed by atoms with Crippen molar-refractivity contribution in [3.63, 3.8) is 0 Å². The number of nitrogens with two attached hydrogens (primary N) is 1. The molecule has 3 N–H and O–H groups in total. The molecule has 0 aliphatic carbocycles. The number of hydrogen-bond acceptors (Lipinski definition) is 2. The molecular formula is C19H25ClN2O. The molecule has 0 unspecified atom stereocenters. The Morgan fingerprint density at radius 3 is 2.35 bits per heavy atom. The third kappa shape index (κ3) is 6.33. The zero-order chi connectivity index (χ0) is 15.9. The zero-order valence-corrected chi connectivity index (χ0v) is 14.6. The molecule has 0 heterocycles. The van der Waals surface area contributed by atoms with E-state index in [0.717, 1.165) is 17.7 Å². The Morgan fingerprint density at radius 1 is 1.04 bits per heavy atom. The zero-order valence-electron chi connectivity index (χ0n) is 13.8. The summed E-state index contributed by atoms with van der Waals surface area (Å²) in [6, 6.07) is 14.2. The third-order valence-electron chi connectivity index (χ3n) is 3.69. The van der Waals surface area contributed by atoms with E-state index in [0.29, 0.717) is 19.4 Å². The second-order valence-electron chi connectivity index (χ2n) is 5.79. The van der Waals surface area contributed by atoms with Crippen LogP contribution in [0, 0.1) is 13.8 Å². The van der Waals surface area contributed by atoms with Crippen molar-refractivity contribution in [2.45, 2.75) is 33.1 Å². The summed E-state index contributed by atoms with van der Waals surface area (Å²) in [5.41, 5.74) is 11.5.